The van der Waals surface area contributed by atoms with E-state index < -0.39 is 17.3 Å². The van der Waals surface area contributed by atoms with Crippen LogP contribution in [0.5, 0.6) is 0 Å². The molecule has 2 fully saturated rings. The second-order valence-corrected chi connectivity index (χ2v) is 11.6. The van der Waals surface area contributed by atoms with Crippen molar-refractivity contribution in [1.29, 1.82) is 0 Å². The second-order valence-electron chi connectivity index (χ2n) is 11.6. The van der Waals surface area contributed by atoms with Gasteiger partial charge in [-0.3, -0.25) is 14.5 Å². The number of anilines is 2. The summed E-state index contributed by atoms with van der Waals surface area (Å²) in [6.45, 7) is 8.40. The highest BCUT2D eigenvalue weighted by Gasteiger charge is 2.39. The molecule has 3 aromatic heterocycles. The average molecular weight is 607 g/mol. The maximum absolute atomic E-state index is 12.8. The van der Waals surface area contributed by atoms with Crippen LogP contribution in [0, 0.1) is 29.5 Å². The zero-order valence-corrected chi connectivity index (χ0v) is 25.5. The van der Waals surface area contributed by atoms with Gasteiger partial charge in [-0.25, -0.2) is 23.9 Å². The summed E-state index contributed by atoms with van der Waals surface area (Å²) >= 11 is 0. The van der Waals surface area contributed by atoms with Gasteiger partial charge in [0, 0.05) is 42.3 Å². The minimum Gasteiger partial charge on any atom is -0.441 e. The molecule has 10 nitrogen and oxygen atoms in total. The number of benzene rings is 1. The Balaban J connectivity index is 0.000000178. The molecule has 2 saturated heterocycles. The molecular weight excluding hydrogens is 575 g/mol. The smallest absolute Gasteiger partial charge is 0.416 e. The van der Waals surface area contributed by atoms with Gasteiger partial charge in [-0.15, -0.1) is 0 Å². The molecule has 5 heterocycles. The molecule has 2 amide bonds. The molecule has 0 N–H and O–H groups in total. The Morgan fingerprint density at radius 1 is 0.667 bits per heavy atom. The van der Waals surface area contributed by atoms with Crippen molar-refractivity contribution in [2.24, 2.45) is 7.05 Å². The van der Waals surface area contributed by atoms with Gasteiger partial charge in [-0.1, -0.05) is 23.7 Å². The molecule has 0 saturated carbocycles. The minimum absolute atomic E-state index is 0.290. The zero-order chi connectivity index (χ0) is 32.2. The van der Waals surface area contributed by atoms with Crippen molar-refractivity contribution in [1.82, 2.24) is 19.7 Å². The van der Waals surface area contributed by atoms with E-state index >= 15 is 0 Å². The number of rotatable bonds is 2. The molecule has 0 spiro atoms. The van der Waals surface area contributed by atoms with E-state index in [-0.39, 0.29) is 11.9 Å². The van der Waals surface area contributed by atoms with E-state index in [0.717, 1.165) is 16.7 Å². The highest BCUT2D eigenvalue weighted by Crippen LogP contribution is 2.27. The van der Waals surface area contributed by atoms with Crippen molar-refractivity contribution in [3.8, 4) is 23.7 Å². The summed E-state index contributed by atoms with van der Waals surface area (Å²) < 4.78 is 25.0. The molecule has 45 heavy (non-hydrogen) atoms. The summed E-state index contributed by atoms with van der Waals surface area (Å²) in [6, 6.07) is 13.1. The maximum atomic E-state index is 12.8. The van der Waals surface area contributed by atoms with Crippen LogP contribution in [0.1, 0.15) is 49.9 Å². The number of ether oxygens (including phenoxy) is 2. The van der Waals surface area contributed by atoms with Gasteiger partial charge in [0.25, 0.3) is 0 Å². The van der Waals surface area contributed by atoms with Crippen LogP contribution in [0.15, 0.2) is 73.3 Å². The molecule has 6 rings (SSSR count). The molecule has 2 aliphatic heterocycles. The fourth-order valence-corrected chi connectivity index (χ4v) is 4.43. The van der Waals surface area contributed by atoms with Crippen molar-refractivity contribution in [2.75, 3.05) is 22.9 Å². The van der Waals surface area contributed by atoms with Crippen LogP contribution in [0.2, 0.25) is 0 Å². The van der Waals surface area contributed by atoms with Gasteiger partial charge in [0.15, 0.2) is 0 Å². The number of nitrogens with zero attached hydrogens (tertiary/aromatic N) is 6. The molecule has 0 bridgehead atoms. The predicted molar refractivity (Wildman–Crippen MR) is 166 cm³/mol. The molecule has 228 valence electrons. The first-order chi connectivity index (χ1) is 21.4. The third kappa shape index (κ3) is 8.03. The van der Waals surface area contributed by atoms with Crippen molar-refractivity contribution in [3.05, 3.63) is 101 Å². The molecule has 0 unspecified atom stereocenters. The Morgan fingerprint density at radius 3 is 1.49 bits per heavy atom. The van der Waals surface area contributed by atoms with Gasteiger partial charge in [-0.2, -0.15) is 5.10 Å². The molecule has 0 atom stereocenters. The number of pyridine rings is 2. The minimum atomic E-state index is -0.514. The number of hydrogen-bond acceptors (Lipinski definition) is 7. The van der Waals surface area contributed by atoms with Crippen LogP contribution in [0.4, 0.5) is 25.6 Å². The highest BCUT2D eigenvalue weighted by molar-refractivity contribution is 5.89. The number of amides is 2. The van der Waals surface area contributed by atoms with Crippen LogP contribution in [-0.4, -0.2) is 56.2 Å². The lowest BCUT2D eigenvalue weighted by Crippen LogP contribution is -2.28. The first-order valence-electron chi connectivity index (χ1n) is 14.1. The topological polar surface area (TPSA) is 103 Å². The van der Waals surface area contributed by atoms with Crippen molar-refractivity contribution in [2.45, 2.75) is 38.9 Å². The van der Waals surface area contributed by atoms with Gasteiger partial charge < -0.3 is 9.47 Å². The first kappa shape index (κ1) is 30.8. The van der Waals surface area contributed by atoms with E-state index in [1.807, 2.05) is 47.0 Å². The van der Waals surface area contributed by atoms with Gasteiger partial charge in [0.05, 0.1) is 24.8 Å². The van der Waals surface area contributed by atoms with Gasteiger partial charge in [-0.05, 0) is 76.2 Å². The van der Waals surface area contributed by atoms with E-state index in [2.05, 4.69) is 38.7 Å². The standard InChI is InChI=1S/C18H15FN2O2.C16H16N4O2/c1-18(2)12-21(17(22)23-18)16-10-7-14(11-20-16)4-3-13-5-8-15(19)9-6-13;1-16(2)11-20(15(21)22-16)14-7-6-12(8-17-14)4-5-13-9-18-19(3)10-13/h5-11H,12H2,1-2H3;6-10H,11H2,1-3H3. The summed E-state index contributed by atoms with van der Waals surface area (Å²) in [5.74, 6) is 12.7. The quantitative estimate of drug-likeness (QED) is 0.285. The van der Waals surface area contributed by atoms with Crippen molar-refractivity contribution in [3.63, 3.8) is 0 Å². The Kier molecular flexibility index (Phi) is 8.55. The summed E-state index contributed by atoms with van der Waals surface area (Å²) in [4.78, 5) is 35.2. The van der Waals surface area contributed by atoms with Gasteiger partial charge >= 0.3 is 12.2 Å². The fraction of sp³-hybridized carbons (Fsp3) is 0.265. The van der Waals surface area contributed by atoms with E-state index in [9.17, 15) is 14.0 Å². The number of aromatic nitrogens is 4. The van der Waals surface area contributed by atoms with Crippen LogP contribution in [0.3, 0.4) is 0 Å². The van der Waals surface area contributed by atoms with Gasteiger partial charge in [0.2, 0.25) is 0 Å². The van der Waals surface area contributed by atoms with E-state index in [1.165, 1.54) is 21.9 Å². The summed E-state index contributed by atoms with van der Waals surface area (Å²) in [5.41, 5.74) is 2.05. The number of hydrogen-bond donors (Lipinski definition) is 0. The second kappa shape index (κ2) is 12.5. The van der Waals surface area contributed by atoms with Crippen LogP contribution in [-0.2, 0) is 16.5 Å². The summed E-state index contributed by atoms with van der Waals surface area (Å²) in [5, 5.41) is 4.06. The molecule has 0 aliphatic carbocycles. The molecular formula is C34H31FN6O4. The predicted octanol–water partition coefficient (Wildman–Crippen LogP) is 5.31. The molecule has 2 aliphatic rings. The Bertz CT molecular complexity index is 1830. The summed E-state index contributed by atoms with van der Waals surface area (Å²) in [6.07, 6.45) is 6.04. The Hall–Kier alpha value is -5.68. The zero-order valence-electron chi connectivity index (χ0n) is 25.5. The lowest BCUT2D eigenvalue weighted by molar-refractivity contribution is 0.0860. The van der Waals surface area contributed by atoms with Crippen LogP contribution >= 0.6 is 0 Å². The number of carbonyl (C=O) groups excluding carboxylic acids is 2. The number of halogens is 1. The Morgan fingerprint density at radius 2 is 1.11 bits per heavy atom. The lowest BCUT2D eigenvalue weighted by Gasteiger charge is -2.14. The SMILES string of the molecule is CC1(C)CN(c2ccc(C#Cc3ccc(F)cc3)cn2)C(=O)O1.Cn1cc(C#Cc2ccc(N3CC(C)(C)OC3=O)nc2)cn1. The molecule has 1 aromatic carbocycles. The van der Waals surface area contributed by atoms with Crippen LogP contribution in [0.25, 0.3) is 0 Å². The lowest BCUT2D eigenvalue weighted by atomic mass is 10.1. The molecule has 4 aromatic rings. The van der Waals surface area contributed by atoms with Crippen molar-refractivity contribution >= 4 is 23.8 Å². The largest absolute Gasteiger partial charge is 0.441 e. The van der Waals surface area contributed by atoms with Crippen LogP contribution < -0.4 is 9.80 Å². The monoisotopic (exact) mass is 606 g/mol. The van der Waals surface area contributed by atoms with Gasteiger partial charge in [0.1, 0.15) is 28.7 Å². The highest BCUT2D eigenvalue weighted by atomic mass is 19.1. The first-order valence-corrected chi connectivity index (χ1v) is 14.1. The normalized spacial score (nSPS) is 16.0. The third-order valence-corrected chi connectivity index (χ3v) is 6.55. The fourth-order valence-electron chi connectivity index (χ4n) is 4.43. The number of aryl methyl sites for hydroxylation is 1. The molecule has 0 radical (unpaired) electrons. The average Bonchev–Trinajstić information content (AvgIpc) is 3.64. The van der Waals surface area contributed by atoms with Crippen molar-refractivity contribution < 1.29 is 23.5 Å². The molecule has 11 heteroatoms. The number of carbonyl (C=O) groups is 2. The van der Waals surface area contributed by atoms with E-state index in [0.29, 0.717) is 30.3 Å². The number of cyclic esters (lactones) is 2. The third-order valence-electron chi connectivity index (χ3n) is 6.55. The summed E-state index contributed by atoms with van der Waals surface area (Å²) in [7, 11) is 1.85. The maximum Gasteiger partial charge on any atom is 0.416 e. The Labute approximate surface area is 260 Å². The van der Waals surface area contributed by atoms with E-state index in [1.54, 1.807) is 53.6 Å². The van der Waals surface area contributed by atoms with E-state index in [4.69, 9.17) is 9.47 Å².